The molecule has 2 heterocycles. The maximum Gasteiger partial charge on any atom is 0.354 e. The first-order valence-electron chi connectivity index (χ1n) is 10.9. The van der Waals surface area contributed by atoms with E-state index in [9.17, 15) is 14.5 Å². The molecule has 10 heteroatoms. The van der Waals surface area contributed by atoms with E-state index in [4.69, 9.17) is 9.16 Å². The molecular weight excluding hydrogens is 431 g/mol. The zero-order valence-corrected chi connectivity index (χ0v) is 20.9. The monoisotopic (exact) mass is 464 g/mol. The average molecular weight is 465 g/mol. The van der Waals surface area contributed by atoms with Crippen LogP contribution < -0.4 is 4.74 Å². The van der Waals surface area contributed by atoms with Gasteiger partial charge in [0.25, 0.3) is 0 Å². The lowest BCUT2D eigenvalue weighted by Crippen LogP contribution is -2.42. The Morgan fingerprint density at radius 2 is 1.97 bits per heavy atom. The van der Waals surface area contributed by atoms with E-state index in [0.29, 0.717) is 17.1 Å². The first-order chi connectivity index (χ1) is 14.8. The van der Waals surface area contributed by atoms with Gasteiger partial charge in [0.15, 0.2) is 14.5 Å². The standard InChI is InChI=1S/C22H33FN4O4Si/c1-14-10-18(15(2)24-11-14)26-19(16-8-9-16)20(27(28)29)21(25-26)30-12-17(23)13-31-32(6,7)22(3,4)5/h10-11,16-17H,8-9,12-13H2,1-7H3. The van der Waals surface area contributed by atoms with Crippen LogP contribution in [0.4, 0.5) is 10.1 Å². The Labute approximate surface area is 189 Å². The van der Waals surface area contributed by atoms with Crippen molar-refractivity contribution in [2.45, 2.75) is 77.7 Å². The van der Waals surface area contributed by atoms with Crippen LogP contribution >= 0.6 is 0 Å². The Kier molecular flexibility index (Phi) is 6.76. The number of nitrogens with zero attached hydrogens (tertiary/aromatic N) is 4. The van der Waals surface area contributed by atoms with Crippen LogP contribution in [0.1, 0.15) is 56.5 Å². The molecule has 3 rings (SSSR count). The molecule has 32 heavy (non-hydrogen) atoms. The van der Waals surface area contributed by atoms with Crippen LogP contribution in [-0.2, 0) is 4.43 Å². The summed E-state index contributed by atoms with van der Waals surface area (Å²) in [5.74, 6) is -0.129. The fraction of sp³-hybridized carbons (Fsp3) is 0.636. The molecule has 0 saturated heterocycles. The molecule has 1 unspecified atom stereocenters. The van der Waals surface area contributed by atoms with Crippen molar-refractivity contribution < 1.29 is 18.5 Å². The minimum absolute atomic E-state index is 0.0308. The van der Waals surface area contributed by atoms with E-state index in [0.717, 1.165) is 18.4 Å². The Bertz CT molecular complexity index is 999. The van der Waals surface area contributed by atoms with Gasteiger partial charge in [-0.1, -0.05) is 20.8 Å². The maximum absolute atomic E-state index is 14.6. The molecule has 176 valence electrons. The molecular formula is C22H33FN4O4Si. The van der Waals surface area contributed by atoms with Gasteiger partial charge in [-0.2, -0.15) is 0 Å². The van der Waals surface area contributed by atoms with Crippen molar-refractivity contribution in [3.8, 4) is 11.6 Å². The molecule has 1 saturated carbocycles. The molecule has 0 amide bonds. The lowest BCUT2D eigenvalue weighted by atomic mass is 10.2. The second-order valence-electron chi connectivity index (χ2n) is 10.1. The predicted octanol–water partition coefficient (Wildman–Crippen LogP) is 5.41. The molecule has 0 N–H and O–H groups in total. The summed E-state index contributed by atoms with van der Waals surface area (Å²) in [6.45, 7) is 13.6. The molecule has 1 aliphatic carbocycles. The summed E-state index contributed by atoms with van der Waals surface area (Å²) in [4.78, 5) is 15.8. The van der Waals surface area contributed by atoms with Crippen LogP contribution in [0.2, 0.25) is 18.1 Å². The molecule has 0 aromatic carbocycles. The maximum atomic E-state index is 14.6. The largest absolute Gasteiger partial charge is 0.469 e. The van der Waals surface area contributed by atoms with E-state index < -0.39 is 19.4 Å². The Morgan fingerprint density at radius 3 is 2.53 bits per heavy atom. The van der Waals surface area contributed by atoms with E-state index >= 15 is 0 Å². The van der Waals surface area contributed by atoms with Crippen molar-refractivity contribution in [2.75, 3.05) is 13.2 Å². The minimum atomic E-state index is -2.10. The van der Waals surface area contributed by atoms with Gasteiger partial charge < -0.3 is 9.16 Å². The van der Waals surface area contributed by atoms with E-state index in [1.165, 1.54) is 0 Å². The molecule has 1 atom stereocenters. The third kappa shape index (κ3) is 5.17. The van der Waals surface area contributed by atoms with Crippen LogP contribution in [-0.4, -0.2) is 47.4 Å². The highest BCUT2D eigenvalue weighted by Crippen LogP contribution is 2.48. The van der Waals surface area contributed by atoms with Gasteiger partial charge in [-0.05, 0) is 56.5 Å². The van der Waals surface area contributed by atoms with Gasteiger partial charge in [0.1, 0.15) is 12.3 Å². The van der Waals surface area contributed by atoms with Gasteiger partial charge in [0.2, 0.25) is 0 Å². The van der Waals surface area contributed by atoms with Crippen molar-refractivity contribution in [2.24, 2.45) is 0 Å². The first-order valence-corrected chi connectivity index (χ1v) is 13.8. The number of ether oxygens (including phenoxy) is 1. The van der Waals surface area contributed by atoms with Gasteiger partial charge in [0.05, 0.1) is 22.9 Å². The molecule has 0 radical (unpaired) electrons. The summed E-state index contributed by atoms with van der Waals surface area (Å²) in [6, 6.07) is 1.89. The topological polar surface area (TPSA) is 92.3 Å². The number of nitro groups is 1. The molecule has 0 spiro atoms. The third-order valence-corrected chi connectivity index (χ3v) is 10.8. The summed E-state index contributed by atoms with van der Waals surface area (Å²) in [5, 5.41) is 16.3. The van der Waals surface area contributed by atoms with E-state index in [2.05, 4.69) is 30.9 Å². The quantitative estimate of drug-likeness (QED) is 0.280. The number of rotatable bonds is 9. The highest BCUT2D eigenvalue weighted by molar-refractivity contribution is 6.74. The summed E-state index contributed by atoms with van der Waals surface area (Å²) in [7, 11) is -2.10. The Morgan fingerprint density at radius 1 is 1.31 bits per heavy atom. The number of aromatic nitrogens is 3. The molecule has 0 aliphatic heterocycles. The number of aryl methyl sites for hydroxylation is 2. The summed E-state index contributed by atoms with van der Waals surface area (Å²) < 4.78 is 27.7. The normalized spacial score (nSPS) is 15.6. The van der Waals surface area contributed by atoms with Crippen LogP contribution in [0, 0.1) is 24.0 Å². The summed E-state index contributed by atoms with van der Waals surface area (Å²) in [5.41, 5.74) is 2.59. The van der Waals surface area contributed by atoms with Crippen molar-refractivity contribution >= 4 is 14.0 Å². The molecule has 8 nitrogen and oxygen atoms in total. The van der Waals surface area contributed by atoms with Crippen LogP contribution in [0.25, 0.3) is 5.69 Å². The lowest BCUT2D eigenvalue weighted by molar-refractivity contribution is -0.386. The summed E-state index contributed by atoms with van der Waals surface area (Å²) in [6.07, 6.45) is 2.01. The fourth-order valence-corrected chi connectivity index (χ4v) is 4.18. The molecule has 1 fully saturated rings. The van der Waals surface area contributed by atoms with Crippen molar-refractivity contribution in [3.63, 3.8) is 0 Å². The van der Waals surface area contributed by atoms with E-state index in [1.807, 2.05) is 33.0 Å². The Balaban J connectivity index is 1.84. The van der Waals surface area contributed by atoms with Crippen molar-refractivity contribution in [1.82, 2.24) is 14.8 Å². The lowest BCUT2D eigenvalue weighted by Gasteiger charge is -2.36. The van der Waals surface area contributed by atoms with E-state index in [-0.39, 0.29) is 35.7 Å². The van der Waals surface area contributed by atoms with Gasteiger partial charge >= 0.3 is 11.6 Å². The molecule has 1 aliphatic rings. The summed E-state index contributed by atoms with van der Waals surface area (Å²) >= 11 is 0. The highest BCUT2D eigenvalue weighted by Gasteiger charge is 2.41. The van der Waals surface area contributed by atoms with Gasteiger partial charge in [0, 0.05) is 12.1 Å². The second kappa shape index (κ2) is 8.90. The van der Waals surface area contributed by atoms with Crippen LogP contribution in [0.15, 0.2) is 12.3 Å². The number of halogens is 1. The fourth-order valence-electron chi connectivity index (χ4n) is 3.15. The highest BCUT2D eigenvalue weighted by atomic mass is 28.4. The predicted molar refractivity (Wildman–Crippen MR) is 123 cm³/mol. The third-order valence-electron chi connectivity index (χ3n) is 6.27. The zero-order valence-electron chi connectivity index (χ0n) is 19.9. The molecule has 0 bridgehead atoms. The number of hydrogen-bond acceptors (Lipinski definition) is 6. The second-order valence-corrected chi connectivity index (χ2v) is 14.9. The minimum Gasteiger partial charge on any atom is -0.469 e. The molecule has 2 aromatic rings. The Hall–Kier alpha value is -2.33. The van der Waals surface area contributed by atoms with Crippen molar-refractivity contribution in [1.29, 1.82) is 0 Å². The smallest absolute Gasteiger partial charge is 0.354 e. The van der Waals surface area contributed by atoms with Crippen LogP contribution in [0.5, 0.6) is 5.88 Å². The van der Waals surface area contributed by atoms with Gasteiger partial charge in [-0.15, -0.1) is 5.10 Å². The van der Waals surface area contributed by atoms with Gasteiger partial charge in [-0.25, -0.2) is 9.07 Å². The number of alkyl halides is 1. The van der Waals surface area contributed by atoms with E-state index in [1.54, 1.807) is 10.9 Å². The van der Waals surface area contributed by atoms with Gasteiger partial charge in [-0.3, -0.25) is 15.1 Å². The van der Waals surface area contributed by atoms with Crippen molar-refractivity contribution in [3.05, 3.63) is 39.3 Å². The number of hydrogen-bond donors (Lipinski definition) is 0. The first kappa shape index (κ1) is 24.3. The SMILES string of the molecule is Cc1cnc(C)c(-n2nc(OCC(F)CO[Si](C)(C)C(C)(C)C)c([N+](=O)[O-])c2C2CC2)c1. The van der Waals surface area contributed by atoms with Crippen LogP contribution in [0.3, 0.4) is 0 Å². The molecule has 2 aromatic heterocycles. The number of pyridine rings is 1. The zero-order chi connectivity index (χ0) is 23.8. The average Bonchev–Trinajstić information content (AvgIpc) is 3.45.